The van der Waals surface area contributed by atoms with Gasteiger partial charge in [0.1, 0.15) is 5.82 Å². The first kappa shape index (κ1) is 16.8. The van der Waals surface area contributed by atoms with E-state index in [0.29, 0.717) is 18.7 Å². The number of nitrogens with zero attached hydrogens (tertiary/aromatic N) is 4. The minimum absolute atomic E-state index is 0.0356. The Hall–Kier alpha value is -2.70. The van der Waals surface area contributed by atoms with Gasteiger partial charge < -0.3 is 14.8 Å². The predicted molar refractivity (Wildman–Crippen MR) is 96.9 cm³/mol. The standard InChI is InChI=1S/C19H23N5O2/c1-13(25)23-10-8-14-11-15(6-7-16(14)23)19(26)20-12-18-22-21-17-5-3-2-4-9-24(17)18/h6-7,11H,2-5,8-10,12H2,1H3,(H,20,26). The molecule has 2 aliphatic rings. The van der Waals surface area contributed by atoms with Crippen LogP contribution in [-0.2, 0) is 30.7 Å². The Labute approximate surface area is 152 Å². The van der Waals surface area contributed by atoms with Gasteiger partial charge in [-0.25, -0.2) is 0 Å². The summed E-state index contributed by atoms with van der Waals surface area (Å²) in [7, 11) is 0. The molecule has 136 valence electrons. The molecule has 7 heteroatoms. The zero-order chi connectivity index (χ0) is 18.1. The molecule has 0 unspecified atom stereocenters. The van der Waals surface area contributed by atoms with Gasteiger partial charge in [0.2, 0.25) is 5.91 Å². The van der Waals surface area contributed by atoms with Gasteiger partial charge in [-0.15, -0.1) is 10.2 Å². The van der Waals surface area contributed by atoms with Gasteiger partial charge in [0.15, 0.2) is 5.82 Å². The minimum atomic E-state index is -0.125. The van der Waals surface area contributed by atoms with Crippen molar-refractivity contribution in [2.24, 2.45) is 0 Å². The van der Waals surface area contributed by atoms with Crippen LogP contribution in [0.25, 0.3) is 0 Å². The van der Waals surface area contributed by atoms with Gasteiger partial charge in [0, 0.05) is 37.7 Å². The third kappa shape index (κ3) is 3.09. The smallest absolute Gasteiger partial charge is 0.251 e. The van der Waals surface area contributed by atoms with Gasteiger partial charge in [-0.05, 0) is 43.0 Å². The average molecular weight is 353 g/mol. The van der Waals surface area contributed by atoms with Crippen molar-refractivity contribution in [1.82, 2.24) is 20.1 Å². The second-order valence-corrected chi connectivity index (χ2v) is 6.94. The van der Waals surface area contributed by atoms with Gasteiger partial charge >= 0.3 is 0 Å². The molecule has 0 aliphatic carbocycles. The Morgan fingerprint density at radius 3 is 2.85 bits per heavy atom. The summed E-state index contributed by atoms with van der Waals surface area (Å²) in [4.78, 5) is 25.9. The van der Waals surface area contributed by atoms with Crippen molar-refractivity contribution in [3.63, 3.8) is 0 Å². The number of rotatable bonds is 3. The van der Waals surface area contributed by atoms with Crippen molar-refractivity contribution in [2.75, 3.05) is 11.4 Å². The number of nitrogens with one attached hydrogen (secondary N) is 1. The summed E-state index contributed by atoms with van der Waals surface area (Å²) in [5, 5.41) is 11.5. The average Bonchev–Trinajstić information content (AvgIpc) is 3.16. The number of benzene rings is 1. The van der Waals surface area contributed by atoms with E-state index in [1.54, 1.807) is 17.9 Å². The zero-order valence-electron chi connectivity index (χ0n) is 15.0. The summed E-state index contributed by atoms with van der Waals surface area (Å²) in [5.74, 6) is 1.75. The molecule has 26 heavy (non-hydrogen) atoms. The lowest BCUT2D eigenvalue weighted by Crippen LogP contribution is -2.26. The van der Waals surface area contributed by atoms with Gasteiger partial charge in [-0.3, -0.25) is 9.59 Å². The highest BCUT2D eigenvalue weighted by molar-refractivity contribution is 5.97. The van der Waals surface area contributed by atoms with Crippen molar-refractivity contribution < 1.29 is 9.59 Å². The largest absolute Gasteiger partial charge is 0.345 e. The predicted octanol–water partition coefficient (Wildman–Crippen LogP) is 1.84. The summed E-state index contributed by atoms with van der Waals surface area (Å²) >= 11 is 0. The van der Waals surface area contributed by atoms with E-state index in [2.05, 4.69) is 20.1 Å². The van der Waals surface area contributed by atoms with Gasteiger partial charge in [-0.1, -0.05) is 6.42 Å². The molecule has 0 bridgehead atoms. The normalized spacial score (nSPS) is 16.0. The Bertz CT molecular complexity index is 858. The molecule has 3 heterocycles. The molecule has 7 nitrogen and oxygen atoms in total. The van der Waals surface area contributed by atoms with E-state index in [4.69, 9.17) is 0 Å². The summed E-state index contributed by atoms with van der Waals surface area (Å²) in [6.45, 7) is 3.55. The number of fused-ring (bicyclic) bond motifs is 2. The molecule has 0 saturated heterocycles. The molecule has 0 saturated carbocycles. The molecular weight excluding hydrogens is 330 g/mol. The number of hydrogen-bond acceptors (Lipinski definition) is 4. The molecule has 0 atom stereocenters. The van der Waals surface area contributed by atoms with E-state index in [0.717, 1.165) is 55.1 Å². The number of aryl methyl sites for hydroxylation is 1. The van der Waals surface area contributed by atoms with Crippen LogP contribution in [0, 0.1) is 0 Å². The number of hydrogen-bond donors (Lipinski definition) is 1. The van der Waals surface area contributed by atoms with Crippen molar-refractivity contribution >= 4 is 17.5 Å². The van der Waals surface area contributed by atoms with Gasteiger partial charge in [-0.2, -0.15) is 0 Å². The number of anilines is 1. The summed E-state index contributed by atoms with van der Waals surface area (Å²) < 4.78 is 2.14. The topological polar surface area (TPSA) is 80.1 Å². The number of carbonyl (C=O) groups excluding carboxylic acids is 2. The maximum atomic E-state index is 12.5. The molecule has 2 aromatic rings. The summed E-state index contributed by atoms with van der Waals surface area (Å²) in [5.41, 5.74) is 2.57. The summed E-state index contributed by atoms with van der Waals surface area (Å²) in [6.07, 6.45) is 5.23. The molecule has 1 N–H and O–H groups in total. The third-order valence-electron chi connectivity index (χ3n) is 5.21. The molecule has 1 aromatic heterocycles. The Balaban J connectivity index is 1.45. The van der Waals surface area contributed by atoms with Gasteiger partial charge in [0.25, 0.3) is 5.91 Å². The highest BCUT2D eigenvalue weighted by Crippen LogP contribution is 2.28. The Morgan fingerprint density at radius 1 is 1.12 bits per heavy atom. The Kier molecular flexibility index (Phi) is 4.44. The molecule has 1 aromatic carbocycles. The monoisotopic (exact) mass is 353 g/mol. The molecular formula is C19H23N5O2. The van der Waals surface area contributed by atoms with E-state index in [1.807, 2.05) is 12.1 Å². The zero-order valence-corrected chi connectivity index (χ0v) is 15.0. The van der Waals surface area contributed by atoms with E-state index in [1.165, 1.54) is 6.42 Å². The van der Waals surface area contributed by atoms with Crippen LogP contribution >= 0.6 is 0 Å². The van der Waals surface area contributed by atoms with Crippen molar-refractivity contribution in [2.45, 2.75) is 52.1 Å². The Morgan fingerprint density at radius 2 is 2.00 bits per heavy atom. The van der Waals surface area contributed by atoms with Crippen molar-refractivity contribution in [1.29, 1.82) is 0 Å². The molecule has 0 radical (unpaired) electrons. The fourth-order valence-corrected chi connectivity index (χ4v) is 3.81. The first-order chi connectivity index (χ1) is 12.6. The number of amides is 2. The fraction of sp³-hybridized carbons (Fsp3) is 0.474. The second kappa shape index (κ2) is 6.90. The lowest BCUT2D eigenvalue weighted by atomic mass is 10.1. The van der Waals surface area contributed by atoms with Crippen LogP contribution in [0.1, 0.15) is 53.8 Å². The lowest BCUT2D eigenvalue weighted by molar-refractivity contribution is -0.116. The second-order valence-electron chi connectivity index (χ2n) is 6.94. The molecule has 2 aliphatic heterocycles. The maximum absolute atomic E-state index is 12.5. The first-order valence-corrected chi connectivity index (χ1v) is 9.23. The number of carbonyl (C=O) groups is 2. The van der Waals surface area contributed by atoms with E-state index >= 15 is 0 Å². The van der Waals surface area contributed by atoms with Crippen LogP contribution in [0.3, 0.4) is 0 Å². The van der Waals surface area contributed by atoms with Gasteiger partial charge in [0.05, 0.1) is 6.54 Å². The first-order valence-electron chi connectivity index (χ1n) is 9.23. The van der Waals surface area contributed by atoms with Crippen LogP contribution in [0.4, 0.5) is 5.69 Å². The minimum Gasteiger partial charge on any atom is -0.345 e. The SMILES string of the molecule is CC(=O)N1CCc2cc(C(=O)NCc3nnc4n3CCCCC4)ccc21. The maximum Gasteiger partial charge on any atom is 0.251 e. The number of aromatic nitrogens is 3. The molecule has 0 spiro atoms. The lowest BCUT2D eigenvalue weighted by Gasteiger charge is -2.14. The summed E-state index contributed by atoms with van der Waals surface area (Å²) in [6, 6.07) is 5.53. The van der Waals surface area contributed by atoms with Crippen LogP contribution in [-0.4, -0.2) is 33.1 Å². The van der Waals surface area contributed by atoms with Crippen LogP contribution < -0.4 is 10.2 Å². The molecule has 2 amide bonds. The van der Waals surface area contributed by atoms with Crippen molar-refractivity contribution in [3.05, 3.63) is 41.0 Å². The van der Waals surface area contributed by atoms with E-state index in [-0.39, 0.29) is 11.8 Å². The van der Waals surface area contributed by atoms with E-state index in [9.17, 15) is 9.59 Å². The highest BCUT2D eigenvalue weighted by atomic mass is 16.2. The van der Waals surface area contributed by atoms with Crippen molar-refractivity contribution in [3.8, 4) is 0 Å². The van der Waals surface area contributed by atoms with Crippen LogP contribution in [0.5, 0.6) is 0 Å². The van der Waals surface area contributed by atoms with Crippen LogP contribution in [0.2, 0.25) is 0 Å². The van der Waals surface area contributed by atoms with Crippen LogP contribution in [0.15, 0.2) is 18.2 Å². The fourth-order valence-electron chi connectivity index (χ4n) is 3.81. The molecule has 0 fully saturated rings. The molecule has 4 rings (SSSR count). The quantitative estimate of drug-likeness (QED) is 0.913. The highest BCUT2D eigenvalue weighted by Gasteiger charge is 2.23. The van der Waals surface area contributed by atoms with E-state index < -0.39 is 0 Å². The third-order valence-corrected chi connectivity index (χ3v) is 5.21.